The van der Waals surface area contributed by atoms with Crippen molar-refractivity contribution in [3.63, 3.8) is 0 Å². The van der Waals surface area contributed by atoms with Gasteiger partial charge >= 0.3 is 0 Å². The van der Waals surface area contributed by atoms with Gasteiger partial charge in [-0.2, -0.15) is 0 Å². The van der Waals surface area contributed by atoms with Gasteiger partial charge in [0, 0.05) is 18.1 Å². The van der Waals surface area contributed by atoms with E-state index < -0.39 is 0 Å². The number of ether oxygens (including phenoxy) is 2. The molecule has 5 heteroatoms. The van der Waals surface area contributed by atoms with Crippen molar-refractivity contribution in [3.05, 3.63) is 33.6 Å². The Morgan fingerprint density at radius 2 is 2.18 bits per heavy atom. The first kappa shape index (κ1) is 12.4. The van der Waals surface area contributed by atoms with Crippen LogP contribution in [0.2, 0.25) is 5.02 Å². The van der Waals surface area contributed by atoms with Crippen molar-refractivity contribution in [2.75, 3.05) is 14.2 Å². The van der Waals surface area contributed by atoms with E-state index in [-0.39, 0.29) is 0 Å². The molecule has 1 aromatic heterocycles. The van der Waals surface area contributed by atoms with Crippen molar-refractivity contribution in [1.29, 1.82) is 0 Å². The van der Waals surface area contributed by atoms with Gasteiger partial charge in [0.2, 0.25) is 0 Å². The third-order valence-electron chi connectivity index (χ3n) is 2.27. The van der Waals surface area contributed by atoms with Crippen molar-refractivity contribution < 1.29 is 9.47 Å². The Morgan fingerprint density at radius 3 is 2.82 bits per heavy atom. The third kappa shape index (κ3) is 2.77. The Kier molecular flexibility index (Phi) is 3.99. The van der Waals surface area contributed by atoms with Crippen LogP contribution in [0, 0.1) is 0 Å². The van der Waals surface area contributed by atoms with Gasteiger partial charge in [0.25, 0.3) is 0 Å². The average Bonchev–Trinajstić information content (AvgIpc) is 2.78. The van der Waals surface area contributed by atoms with Crippen molar-refractivity contribution in [3.8, 4) is 17.0 Å². The fourth-order valence-corrected chi connectivity index (χ4v) is 2.49. The lowest BCUT2D eigenvalue weighted by molar-refractivity contribution is 0.184. The SMILES string of the molecule is COCc1nc(-c2ccc(OC)c(Cl)c2)cs1. The molecule has 0 radical (unpaired) electrons. The molecule has 2 rings (SSSR count). The molecule has 0 fully saturated rings. The molecule has 0 unspecified atom stereocenters. The Morgan fingerprint density at radius 1 is 1.35 bits per heavy atom. The van der Waals surface area contributed by atoms with Crippen LogP contribution in [-0.4, -0.2) is 19.2 Å². The average molecular weight is 270 g/mol. The van der Waals surface area contributed by atoms with Crippen molar-refractivity contribution in [1.82, 2.24) is 4.98 Å². The quantitative estimate of drug-likeness (QED) is 0.850. The van der Waals surface area contributed by atoms with Crippen molar-refractivity contribution in [2.45, 2.75) is 6.61 Å². The maximum Gasteiger partial charge on any atom is 0.137 e. The summed E-state index contributed by atoms with van der Waals surface area (Å²) in [5.41, 5.74) is 1.89. The predicted octanol–water partition coefficient (Wildman–Crippen LogP) is 3.62. The summed E-state index contributed by atoms with van der Waals surface area (Å²) in [6.07, 6.45) is 0. The number of nitrogens with zero attached hydrogens (tertiary/aromatic N) is 1. The highest BCUT2D eigenvalue weighted by molar-refractivity contribution is 7.09. The summed E-state index contributed by atoms with van der Waals surface area (Å²) in [6.45, 7) is 0.536. The van der Waals surface area contributed by atoms with E-state index >= 15 is 0 Å². The van der Waals surface area contributed by atoms with E-state index in [1.165, 1.54) is 0 Å². The summed E-state index contributed by atoms with van der Waals surface area (Å²) >= 11 is 7.65. The molecule has 0 saturated heterocycles. The molecule has 0 atom stereocenters. The highest BCUT2D eigenvalue weighted by Gasteiger charge is 2.07. The first-order valence-corrected chi connectivity index (χ1v) is 6.27. The molecule has 2 aromatic rings. The number of benzene rings is 1. The second-order valence-electron chi connectivity index (χ2n) is 3.41. The van der Waals surface area contributed by atoms with Crippen LogP contribution in [0.3, 0.4) is 0 Å². The Bertz CT molecular complexity index is 513. The van der Waals surface area contributed by atoms with E-state index in [1.54, 1.807) is 25.6 Å². The monoisotopic (exact) mass is 269 g/mol. The number of rotatable bonds is 4. The van der Waals surface area contributed by atoms with Gasteiger partial charge in [-0.15, -0.1) is 11.3 Å². The Hall–Kier alpha value is -1.10. The van der Waals surface area contributed by atoms with Gasteiger partial charge in [-0.05, 0) is 18.2 Å². The van der Waals surface area contributed by atoms with Crippen LogP contribution in [0.1, 0.15) is 5.01 Å². The largest absolute Gasteiger partial charge is 0.495 e. The van der Waals surface area contributed by atoms with Gasteiger partial charge in [0.05, 0.1) is 24.4 Å². The molecule has 0 N–H and O–H groups in total. The predicted molar refractivity (Wildman–Crippen MR) is 69.8 cm³/mol. The minimum atomic E-state index is 0.536. The normalized spacial score (nSPS) is 10.5. The van der Waals surface area contributed by atoms with E-state index in [1.807, 2.05) is 23.6 Å². The second-order valence-corrected chi connectivity index (χ2v) is 4.76. The van der Waals surface area contributed by atoms with Crippen LogP contribution in [0.4, 0.5) is 0 Å². The Balaban J connectivity index is 2.29. The van der Waals surface area contributed by atoms with Crippen LogP contribution in [-0.2, 0) is 11.3 Å². The molecule has 0 aliphatic heterocycles. The molecule has 0 aliphatic rings. The number of halogens is 1. The van der Waals surface area contributed by atoms with Gasteiger partial charge in [-0.1, -0.05) is 11.6 Å². The molecule has 0 amide bonds. The van der Waals surface area contributed by atoms with E-state index in [0.29, 0.717) is 17.4 Å². The van der Waals surface area contributed by atoms with Crippen LogP contribution in [0.25, 0.3) is 11.3 Å². The van der Waals surface area contributed by atoms with E-state index in [4.69, 9.17) is 21.1 Å². The third-order valence-corrected chi connectivity index (χ3v) is 3.38. The zero-order valence-electron chi connectivity index (χ0n) is 9.57. The molecular formula is C12H12ClNO2S. The number of thiazole rings is 1. The molecule has 0 saturated carbocycles. The first-order valence-electron chi connectivity index (χ1n) is 5.02. The molecule has 90 valence electrons. The van der Waals surface area contributed by atoms with Gasteiger partial charge in [0.15, 0.2) is 0 Å². The minimum Gasteiger partial charge on any atom is -0.495 e. The number of methoxy groups -OCH3 is 2. The van der Waals surface area contributed by atoms with Gasteiger partial charge in [0.1, 0.15) is 10.8 Å². The maximum atomic E-state index is 6.07. The lowest BCUT2D eigenvalue weighted by Crippen LogP contribution is -1.87. The zero-order chi connectivity index (χ0) is 12.3. The molecular weight excluding hydrogens is 258 g/mol. The lowest BCUT2D eigenvalue weighted by atomic mass is 10.2. The van der Waals surface area contributed by atoms with E-state index in [0.717, 1.165) is 16.3 Å². The smallest absolute Gasteiger partial charge is 0.137 e. The number of hydrogen-bond acceptors (Lipinski definition) is 4. The Labute approximate surface area is 109 Å². The van der Waals surface area contributed by atoms with Crippen LogP contribution < -0.4 is 4.74 Å². The van der Waals surface area contributed by atoms with E-state index in [9.17, 15) is 0 Å². The van der Waals surface area contributed by atoms with Gasteiger partial charge in [-0.3, -0.25) is 0 Å². The summed E-state index contributed by atoms with van der Waals surface area (Å²) in [7, 11) is 3.26. The molecule has 0 spiro atoms. The summed E-state index contributed by atoms with van der Waals surface area (Å²) < 4.78 is 10.1. The van der Waals surface area contributed by atoms with Gasteiger partial charge in [-0.25, -0.2) is 4.98 Å². The topological polar surface area (TPSA) is 31.4 Å². The molecule has 3 nitrogen and oxygen atoms in total. The summed E-state index contributed by atoms with van der Waals surface area (Å²) in [5.74, 6) is 0.669. The van der Waals surface area contributed by atoms with Crippen LogP contribution >= 0.6 is 22.9 Å². The molecule has 1 aromatic carbocycles. The molecule has 17 heavy (non-hydrogen) atoms. The summed E-state index contributed by atoms with van der Waals surface area (Å²) in [4.78, 5) is 4.46. The molecule has 0 bridgehead atoms. The maximum absolute atomic E-state index is 6.07. The molecule has 1 heterocycles. The van der Waals surface area contributed by atoms with Crippen molar-refractivity contribution in [2.24, 2.45) is 0 Å². The van der Waals surface area contributed by atoms with Crippen molar-refractivity contribution >= 4 is 22.9 Å². The van der Waals surface area contributed by atoms with Gasteiger partial charge < -0.3 is 9.47 Å². The number of aromatic nitrogens is 1. The minimum absolute atomic E-state index is 0.536. The highest BCUT2D eigenvalue weighted by atomic mass is 35.5. The summed E-state index contributed by atoms with van der Waals surface area (Å²) in [5, 5.41) is 3.53. The standard InChI is InChI=1S/C12H12ClNO2S/c1-15-6-12-14-10(7-17-12)8-3-4-11(16-2)9(13)5-8/h3-5,7H,6H2,1-2H3. The lowest BCUT2D eigenvalue weighted by Gasteiger charge is -2.04. The molecule has 0 aliphatic carbocycles. The van der Waals surface area contributed by atoms with Crippen LogP contribution in [0.15, 0.2) is 23.6 Å². The fourth-order valence-electron chi connectivity index (χ4n) is 1.46. The highest BCUT2D eigenvalue weighted by Crippen LogP contribution is 2.30. The fraction of sp³-hybridized carbons (Fsp3) is 0.250. The first-order chi connectivity index (χ1) is 8.24. The summed E-state index contributed by atoms with van der Waals surface area (Å²) in [6, 6.07) is 5.63. The van der Waals surface area contributed by atoms with Crippen LogP contribution in [0.5, 0.6) is 5.75 Å². The van der Waals surface area contributed by atoms with E-state index in [2.05, 4.69) is 4.98 Å². The number of hydrogen-bond donors (Lipinski definition) is 0. The second kappa shape index (κ2) is 5.49. The zero-order valence-corrected chi connectivity index (χ0v) is 11.1.